The minimum Gasteiger partial charge on any atom is -0.491 e. The first-order valence-corrected chi connectivity index (χ1v) is 23.3. The number of aryl methyl sites for hydroxylation is 1. The molecule has 1 N–H and O–H groups in total. The Morgan fingerprint density at radius 1 is 1.09 bits per heavy atom. The van der Waals surface area contributed by atoms with Crippen LogP contribution in [0, 0.1) is 17.7 Å². The van der Waals surface area contributed by atoms with E-state index in [4.69, 9.17) is 14.5 Å². The fourth-order valence-corrected chi connectivity index (χ4v) is 8.36. The normalized spacial score (nSPS) is 13.4. The number of fused-ring (bicyclic) bond motifs is 1. The molecule has 6 rings (SSSR count). The number of anilines is 2. The number of para-hydroxylation sites is 1. The molecule has 1 saturated carbocycles. The van der Waals surface area contributed by atoms with Gasteiger partial charge < -0.3 is 19.5 Å². The van der Waals surface area contributed by atoms with Crippen LogP contribution >= 0.6 is 22.7 Å². The predicted octanol–water partition coefficient (Wildman–Crippen LogP) is 7.90. The van der Waals surface area contributed by atoms with Gasteiger partial charge in [0, 0.05) is 37.7 Å². The molecule has 5 aromatic rings. The van der Waals surface area contributed by atoms with Gasteiger partial charge in [-0.25, -0.2) is 14.2 Å². The summed E-state index contributed by atoms with van der Waals surface area (Å²) in [7, 11) is 4.42. The Hall–Kier alpha value is -4.46. The largest absolute Gasteiger partial charge is 0.491 e. The van der Waals surface area contributed by atoms with Gasteiger partial charge in [0.15, 0.2) is 38.8 Å². The van der Waals surface area contributed by atoms with Crippen LogP contribution in [0.4, 0.5) is 21.2 Å². The second kappa shape index (κ2) is 17.3. The Bertz CT molecular complexity index is 2250. The zero-order valence-corrected chi connectivity index (χ0v) is 34.2. The van der Waals surface area contributed by atoms with Gasteiger partial charge in [-0.1, -0.05) is 55.0 Å². The maximum Gasteiger partial charge on any atom is 0.355 e. The molecule has 0 bridgehead atoms. The van der Waals surface area contributed by atoms with Crippen LogP contribution in [0.3, 0.4) is 0 Å². The molecule has 0 aliphatic heterocycles. The fraction of sp³-hybridized carbons (Fsp3) is 0.410. The minimum atomic E-state index is -1.23. The summed E-state index contributed by atoms with van der Waals surface area (Å²) in [5.74, 6) is 5.91. The zero-order chi connectivity index (χ0) is 38.4. The third kappa shape index (κ3) is 10.2. The lowest BCUT2D eigenvalue weighted by Gasteiger charge is -2.16. The Kier molecular flexibility index (Phi) is 12.6. The maximum atomic E-state index is 14.7. The standard InChI is InChI=1S/C39H46FN7O4S2Si/c1-45(2)19-9-11-26-15-18-31(29(40)23-26)51-20-10-14-33-35(37(48)49)41-38(53-33)46(3)34-24-28(27-16-17-27)36(44-43-34)42-39-47(25-50-21-22-54(4,5)6)30-12-7-8-13-32(30)52-39/h7-8,12-13,15,18,23-24,27H,10,14,16-17,19-22,25H2,1-6H3,(H,48,49)/b42-39-. The highest BCUT2D eigenvalue weighted by molar-refractivity contribution is 7.16. The van der Waals surface area contributed by atoms with Crippen LogP contribution in [0.25, 0.3) is 10.2 Å². The van der Waals surface area contributed by atoms with Crippen LogP contribution in [-0.2, 0) is 17.9 Å². The number of nitrogens with zero attached hydrogens (tertiary/aromatic N) is 7. The quantitative estimate of drug-likeness (QED) is 0.0605. The molecule has 2 aromatic carbocycles. The smallest absolute Gasteiger partial charge is 0.355 e. The first kappa shape index (κ1) is 39.2. The summed E-state index contributed by atoms with van der Waals surface area (Å²) in [4.78, 5) is 26.8. The molecule has 3 heterocycles. The molecule has 15 heteroatoms. The van der Waals surface area contributed by atoms with E-state index in [0.29, 0.717) is 65.8 Å². The average Bonchev–Trinajstić information content (AvgIpc) is 3.79. The Balaban J connectivity index is 1.17. The number of hydrogen-bond donors (Lipinski definition) is 1. The third-order valence-corrected chi connectivity index (χ3v) is 12.7. The van der Waals surface area contributed by atoms with Gasteiger partial charge in [-0.3, -0.25) is 9.47 Å². The maximum absolute atomic E-state index is 14.7. The van der Waals surface area contributed by atoms with Crippen molar-refractivity contribution in [2.45, 2.75) is 64.0 Å². The number of hydrogen-bond acceptors (Lipinski definition) is 11. The molecule has 1 aliphatic rings. The molecule has 284 valence electrons. The van der Waals surface area contributed by atoms with Crippen molar-refractivity contribution in [3.8, 4) is 17.6 Å². The molecule has 1 aliphatic carbocycles. The zero-order valence-electron chi connectivity index (χ0n) is 31.6. The number of aromatic nitrogens is 4. The van der Waals surface area contributed by atoms with Crippen molar-refractivity contribution < 1.29 is 23.8 Å². The summed E-state index contributed by atoms with van der Waals surface area (Å²) in [6, 6.07) is 16.0. The molecule has 0 atom stereocenters. The second-order valence-electron chi connectivity index (χ2n) is 14.8. The van der Waals surface area contributed by atoms with Gasteiger partial charge in [0.1, 0.15) is 6.73 Å². The Morgan fingerprint density at radius 3 is 2.61 bits per heavy atom. The van der Waals surface area contributed by atoms with Gasteiger partial charge in [0.25, 0.3) is 0 Å². The van der Waals surface area contributed by atoms with Crippen molar-refractivity contribution in [2.75, 3.05) is 45.8 Å². The average molecular weight is 788 g/mol. The highest BCUT2D eigenvalue weighted by Gasteiger charge is 2.29. The summed E-state index contributed by atoms with van der Waals surface area (Å²) < 4.78 is 29.7. The molecule has 0 amide bonds. The first-order valence-electron chi connectivity index (χ1n) is 18.0. The molecule has 0 spiro atoms. The summed E-state index contributed by atoms with van der Waals surface area (Å²) in [6.07, 6.45) is 2.94. The van der Waals surface area contributed by atoms with Crippen molar-refractivity contribution in [3.63, 3.8) is 0 Å². The number of benzene rings is 2. The Morgan fingerprint density at radius 2 is 1.89 bits per heavy atom. The number of thiazole rings is 2. The van der Waals surface area contributed by atoms with E-state index in [9.17, 15) is 14.3 Å². The highest BCUT2D eigenvalue weighted by Crippen LogP contribution is 2.45. The van der Waals surface area contributed by atoms with Crippen LogP contribution in [0.2, 0.25) is 25.7 Å². The summed E-state index contributed by atoms with van der Waals surface area (Å²) >= 11 is 2.88. The van der Waals surface area contributed by atoms with Crippen LogP contribution in [0.5, 0.6) is 5.75 Å². The molecule has 3 aromatic heterocycles. The van der Waals surface area contributed by atoms with E-state index in [0.717, 1.165) is 39.5 Å². The highest BCUT2D eigenvalue weighted by atomic mass is 32.1. The van der Waals surface area contributed by atoms with Crippen LogP contribution in [0.1, 0.15) is 51.7 Å². The van der Waals surface area contributed by atoms with E-state index in [1.807, 2.05) is 44.2 Å². The van der Waals surface area contributed by atoms with Gasteiger partial charge in [0.05, 0.1) is 23.4 Å². The molecule has 0 radical (unpaired) electrons. The molecule has 54 heavy (non-hydrogen) atoms. The van der Waals surface area contributed by atoms with Crippen molar-refractivity contribution in [2.24, 2.45) is 4.99 Å². The predicted molar refractivity (Wildman–Crippen MR) is 216 cm³/mol. The number of aromatic carboxylic acids is 1. The number of carboxylic acids is 1. The Labute approximate surface area is 324 Å². The number of carbonyl (C=O) groups is 1. The van der Waals surface area contributed by atoms with Gasteiger partial charge in [-0.05, 0) is 88.1 Å². The molecule has 0 unspecified atom stereocenters. The van der Waals surface area contributed by atoms with E-state index < -0.39 is 19.9 Å². The molecule has 11 nitrogen and oxygen atoms in total. The van der Waals surface area contributed by atoms with E-state index in [-0.39, 0.29) is 18.1 Å². The summed E-state index contributed by atoms with van der Waals surface area (Å²) in [5, 5.41) is 19.6. The lowest BCUT2D eigenvalue weighted by Crippen LogP contribution is -2.23. The number of rotatable bonds is 16. The number of ether oxygens (including phenoxy) is 2. The van der Waals surface area contributed by atoms with Gasteiger partial charge in [-0.2, -0.15) is 4.99 Å². The first-order chi connectivity index (χ1) is 25.9. The van der Waals surface area contributed by atoms with Crippen LogP contribution in [0.15, 0.2) is 53.5 Å². The monoisotopic (exact) mass is 787 g/mol. The molecule has 0 saturated heterocycles. The SMILES string of the molecule is CN(C)CC#Cc1ccc(OCCCc2sc(N(C)c3cc(C4CC4)c(/N=c4\sc5ccccc5n4COCC[Si](C)(C)C)nn3)nc2C(=O)O)c(F)c1. The molecular weight excluding hydrogens is 742 g/mol. The van der Waals surface area contributed by atoms with E-state index in [2.05, 4.69) is 63.4 Å². The molecule has 1 fully saturated rings. The van der Waals surface area contributed by atoms with E-state index in [1.54, 1.807) is 28.4 Å². The third-order valence-electron chi connectivity index (χ3n) is 8.70. The van der Waals surface area contributed by atoms with Crippen LogP contribution < -0.4 is 14.4 Å². The van der Waals surface area contributed by atoms with Gasteiger partial charge in [-0.15, -0.1) is 21.5 Å². The van der Waals surface area contributed by atoms with Crippen molar-refractivity contribution in [1.82, 2.24) is 24.6 Å². The topological polar surface area (TPSA) is 118 Å². The summed E-state index contributed by atoms with van der Waals surface area (Å²) in [6.45, 7) is 8.92. The van der Waals surface area contributed by atoms with Crippen molar-refractivity contribution in [3.05, 3.63) is 80.8 Å². The summed E-state index contributed by atoms with van der Waals surface area (Å²) in [5.41, 5.74) is 2.63. The second-order valence-corrected chi connectivity index (χ2v) is 22.5. The number of halogens is 1. The molecular formula is C39H46FN7O4S2Si. The lowest BCUT2D eigenvalue weighted by atomic mass is 10.2. The van der Waals surface area contributed by atoms with Crippen molar-refractivity contribution >= 4 is 63.7 Å². The number of carboxylic acid groups (broad SMARTS) is 1. The van der Waals surface area contributed by atoms with Crippen LogP contribution in [-0.4, -0.2) is 84.7 Å². The van der Waals surface area contributed by atoms with Gasteiger partial charge in [0.2, 0.25) is 0 Å². The fourth-order valence-electron chi connectivity index (χ4n) is 5.52. The van der Waals surface area contributed by atoms with Crippen molar-refractivity contribution in [1.29, 1.82) is 0 Å². The van der Waals surface area contributed by atoms with E-state index in [1.165, 1.54) is 17.4 Å². The van der Waals surface area contributed by atoms with E-state index >= 15 is 0 Å². The minimum absolute atomic E-state index is 0.0166. The van der Waals surface area contributed by atoms with Gasteiger partial charge >= 0.3 is 5.97 Å². The lowest BCUT2D eigenvalue weighted by molar-refractivity contribution is 0.0690.